The first-order chi connectivity index (χ1) is 34.2. The Hall–Kier alpha value is -8.98. The van der Waals surface area contributed by atoms with Crippen LogP contribution >= 0.6 is 0 Å². The van der Waals surface area contributed by atoms with Crippen LogP contribution in [0.5, 0.6) is 0 Å². The molecule has 2 heteroatoms. The Morgan fingerprint density at radius 1 is 0.290 bits per heavy atom. The van der Waals surface area contributed by atoms with E-state index >= 15 is 0 Å². The van der Waals surface area contributed by atoms with Crippen molar-refractivity contribution < 1.29 is 0 Å². The number of benzene rings is 11. The monoisotopic (exact) mass is 878 g/mol. The molecule has 1 aliphatic rings. The molecule has 1 aliphatic carbocycles. The van der Waals surface area contributed by atoms with E-state index in [4.69, 9.17) is 0 Å². The minimum absolute atomic E-state index is 0.493. The van der Waals surface area contributed by atoms with Crippen molar-refractivity contribution in [2.75, 3.05) is 4.90 Å². The molecule has 1 heterocycles. The molecule has 324 valence electrons. The number of nitrogens with zero attached hydrogens (tertiary/aromatic N) is 2. The molecular weight excluding hydrogens is 833 g/mol. The molecule has 0 aliphatic heterocycles. The van der Waals surface area contributed by atoms with E-state index in [1.807, 2.05) is 0 Å². The van der Waals surface area contributed by atoms with E-state index in [9.17, 15) is 0 Å². The lowest BCUT2D eigenvalue weighted by atomic mass is 9.67. The number of para-hydroxylation sites is 3. The Morgan fingerprint density at radius 2 is 0.812 bits per heavy atom. The number of anilines is 3. The van der Waals surface area contributed by atoms with Crippen molar-refractivity contribution in [3.05, 3.63) is 301 Å². The van der Waals surface area contributed by atoms with Crippen molar-refractivity contribution >= 4 is 38.9 Å². The van der Waals surface area contributed by atoms with Gasteiger partial charge in [0, 0.05) is 33.4 Å². The zero-order chi connectivity index (χ0) is 45.7. The zero-order valence-electron chi connectivity index (χ0n) is 38.0. The summed E-state index contributed by atoms with van der Waals surface area (Å²) in [5.74, 6) is 0. The summed E-state index contributed by atoms with van der Waals surface area (Å²) in [4.78, 5) is 2.38. The first-order valence-corrected chi connectivity index (χ1v) is 23.8. The first-order valence-electron chi connectivity index (χ1n) is 23.8. The SMILES string of the molecule is c1ccc(-c2ccc(N(c3ccccc3)c3ccccc3-c3cccc(-c4ccc5c6ccccc6n(-c6ccc7c(c6)C(c6ccccc6)(c6ccccc6)c6ccccc6-7)c5c4)c3)cc2)cc1. The molecule has 0 fully saturated rings. The summed E-state index contributed by atoms with van der Waals surface area (Å²) in [5.41, 5.74) is 21.1. The van der Waals surface area contributed by atoms with Gasteiger partial charge in [-0.05, 0) is 122 Å². The Bertz CT molecular complexity index is 3780. The van der Waals surface area contributed by atoms with Gasteiger partial charge in [-0.25, -0.2) is 0 Å². The highest BCUT2D eigenvalue weighted by Crippen LogP contribution is 2.56. The molecule has 0 saturated heterocycles. The van der Waals surface area contributed by atoms with Crippen LogP contribution in [-0.4, -0.2) is 4.57 Å². The molecule has 0 saturated carbocycles. The topological polar surface area (TPSA) is 8.17 Å². The summed E-state index contributed by atoms with van der Waals surface area (Å²) in [6, 6.07) is 102. The second kappa shape index (κ2) is 16.7. The fraction of sp³-hybridized carbons (Fsp3) is 0.0149. The van der Waals surface area contributed by atoms with Crippen LogP contribution in [0.1, 0.15) is 22.3 Å². The van der Waals surface area contributed by atoms with Crippen LogP contribution < -0.4 is 4.90 Å². The van der Waals surface area contributed by atoms with Gasteiger partial charge in [-0.1, -0.05) is 218 Å². The van der Waals surface area contributed by atoms with Crippen LogP contribution in [0.4, 0.5) is 17.1 Å². The van der Waals surface area contributed by atoms with Gasteiger partial charge >= 0.3 is 0 Å². The van der Waals surface area contributed by atoms with Gasteiger partial charge in [0.2, 0.25) is 0 Å². The van der Waals surface area contributed by atoms with Gasteiger partial charge in [0.15, 0.2) is 0 Å². The molecular formula is C67H46N2. The number of fused-ring (bicyclic) bond motifs is 6. The van der Waals surface area contributed by atoms with Gasteiger partial charge in [0.25, 0.3) is 0 Å². The van der Waals surface area contributed by atoms with Crippen LogP contribution in [0.15, 0.2) is 279 Å². The molecule has 0 radical (unpaired) electrons. The lowest BCUT2D eigenvalue weighted by molar-refractivity contribution is 0.767. The van der Waals surface area contributed by atoms with Crippen LogP contribution in [0.2, 0.25) is 0 Å². The third kappa shape index (κ3) is 6.64. The molecule has 0 bridgehead atoms. The van der Waals surface area contributed by atoms with E-state index in [1.165, 1.54) is 71.9 Å². The summed E-state index contributed by atoms with van der Waals surface area (Å²) in [5, 5.41) is 2.47. The van der Waals surface area contributed by atoms with Crippen molar-refractivity contribution in [2.24, 2.45) is 0 Å². The van der Waals surface area contributed by atoms with Crippen molar-refractivity contribution in [3.63, 3.8) is 0 Å². The van der Waals surface area contributed by atoms with E-state index in [2.05, 4.69) is 289 Å². The Kier molecular flexibility index (Phi) is 9.77. The lowest BCUT2D eigenvalue weighted by Crippen LogP contribution is -2.28. The molecule has 0 amide bonds. The fourth-order valence-corrected chi connectivity index (χ4v) is 11.2. The summed E-state index contributed by atoms with van der Waals surface area (Å²) < 4.78 is 2.48. The average Bonchev–Trinajstić information content (AvgIpc) is 3.92. The second-order valence-electron chi connectivity index (χ2n) is 18.0. The van der Waals surface area contributed by atoms with Gasteiger partial charge in [-0.3, -0.25) is 0 Å². The minimum Gasteiger partial charge on any atom is -0.310 e. The summed E-state index contributed by atoms with van der Waals surface area (Å²) in [7, 11) is 0. The third-order valence-electron chi connectivity index (χ3n) is 14.3. The van der Waals surface area contributed by atoms with Crippen molar-refractivity contribution in [2.45, 2.75) is 5.41 Å². The second-order valence-corrected chi connectivity index (χ2v) is 18.0. The van der Waals surface area contributed by atoms with Crippen molar-refractivity contribution in [3.8, 4) is 50.2 Å². The average molecular weight is 879 g/mol. The van der Waals surface area contributed by atoms with E-state index in [0.29, 0.717) is 0 Å². The standard InChI is InChI=1S/C67H46N2/c1-5-20-47(21-6-1)48-36-39-55(40-37-48)68(54-28-11-4-12-29-54)64-34-17-14-30-57(64)51-23-19-22-49(44-51)50-38-42-61-60-32-15-18-35-65(60)69(66(61)45-50)56-41-43-59-58-31-13-16-33-62(58)67(63(59)46-56,52-24-7-2-8-25-52)53-26-9-3-10-27-53/h1-46H. The number of aromatic nitrogens is 1. The van der Waals surface area contributed by atoms with Gasteiger partial charge in [0.1, 0.15) is 0 Å². The normalized spacial score (nSPS) is 12.5. The zero-order valence-corrected chi connectivity index (χ0v) is 38.0. The number of hydrogen-bond acceptors (Lipinski definition) is 1. The molecule has 0 unspecified atom stereocenters. The molecule has 0 atom stereocenters. The van der Waals surface area contributed by atoms with Gasteiger partial charge in [0.05, 0.1) is 22.1 Å². The van der Waals surface area contributed by atoms with E-state index in [-0.39, 0.29) is 0 Å². The predicted octanol–water partition coefficient (Wildman–Crippen LogP) is 17.6. The highest BCUT2D eigenvalue weighted by atomic mass is 15.1. The molecule has 2 nitrogen and oxygen atoms in total. The van der Waals surface area contributed by atoms with Gasteiger partial charge < -0.3 is 9.47 Å². The minimum atomic E-state index is -0.493. The third-order valence-corrected chi connectivity index (χ3v) is 14.3. The number of rotatable bonds is 9. The summed E-state index contributed by atoms with van der Waals surface area (Å²) in [6.07, 6.45) is 0. The maximum atomic E-state index is 2.48. The predicted molar refractivity (Wildman–Crippen MR) is 289 cm³/mol. The highest BCUT2D eigenvalue weighted by molar-refractivity contribution is 6.10. The Balaban J connectivity index is 0.951. The van der Waals surface area contributed by atoms with Gasteiger partial charge in [-0.2, -0.15) is 0 Å². The molecule has 11 aromatic carbocycles. The van der Waals surface area contributed by atoms with E-state index in [0.717, 1.165) is 39.4 Å². The van der Waals surface area contributed by atoms with Gasteiger partial charge in [-0.15, -0.1) is 0 Å². The van der Waals surface area contributed by atoms with Crippen molar-refractivity contribution in [1.29, 1.82) is 0 Å². The maximum absolute atomic E-state index is 2.48. The molecule has 1 aromatic heterocycles. The van der Waals surface area contributed by atoms with Crippen LogP contribution in [0.3, 0.4) is 0 Å². The molecule has 69 heavy (non-hydrogen) atoms. The molecule has 0 spiro atoms. The molecule has 13 rings (SSSR count). The maximum Gasteiger partial charge on any atom is 0.0714 e. The lowest BCUT2D eigenvalue weighted by Gasteiger charge is -2.34. The van der Waals surface area contributed by atoms with E-state index in [1.54, 1.807) is 0 Å². The van der Waals surface area contributed by atoms with Crippen molar-refractivity contribution in [1.82, 2.24) is 4.57 Å². The first kappa shape index (κ1) is 40.3. The number of hydrogen-bond donors (Lipinski definition) is 0. The van der Waals surface area contributed by atoms with Crippen LogP contribution in [0, 0.1) is 0 Å². The molecule has 0 N–H and O–H groups in total. The van der Waals surface area contributed by atoms with Crippen LogP contribution in [0.25, 0.3) is 72.0 Å². The van der Waals surface area contributed by atoms with E-state index < -0.39 is 5.41 Å². The smallest absolute Gasteiger partial charge is 0.0714 e. The largest absolute Gasteiger partial charge is 0.310 e. The van der Waals surface area contributed by atoms with Crippen LogP contribution in [-0.2, 0) is 5.41 Å². The quantitative estimate of drug-likeness (QED) is 0.140. The fourth-order valence-electron chi connectivity index (χ4n) is 11.2. The molecule has 12 aromatic rings. The Labute approximate surface area is 403 Å². The summed E-state index contributed by atoms with van der Waals surface area (Å²) >= 11 is 0. The Morgan fingerprint density at radius 3 is 1.57 bits per heavy atom. The summed E-state index contributed by atoms with van der Waals surface area (Å²) in [6.45, 7) is 0. The highest BCUT2D eigenvalue weighted by Gasteiger charge is 2.46.